The van der Waals surface area contributed by atoms with Gasteiger partial charge in [0, 0.05) is 16.3 Å². The lowest BCUT2D eigenvalue weighted by molar-refractivity contribution is 0.260. The van der Waals surface area contributed by atoms with Crippen LogP contribution in [0.2, 0.25) is 0 Å². The third kappa shape index (κ3) is 4.42. The van der Waals surface area contributed by atoms with Crippen molar-refractivity contribution in [3.63, 3.8) is 0 Å². The molecule has 0 unspecified atom stereocenters. The van der Waals surface area contributed by atoms with E-state index in [1.165, 1.54) is 0 Å². The second-order valence-electron chi connectivity index (χ2n) is 2.99. The molecule has 0 N–H and O–H groups in total. The monoisotopic (exact) mass is 292 g/mol. The molecule has 3 nitrogen and oxygen atoms in total. The molecule has 0 atom stereocenters. The molecule has 0 aliphatic carbocycles. The Labute approximate surface area is 92.2 Å². The molecule has 0 aliphatic rings. The van der Waals surface area contributed by atoms with E-state index in [-0.39, 0.29) is 0 Å². The predicted molar refractivity (Wildman–Crippen MR) is 61.0 cm³/mol. The minimum absolute atomic E-state index is 0.703. The summed E-state index contributed by atoms with van der Waals surface area (Å²) in [6, 6.07) is 1.98. The van der Waals surface area contributed by atoms with E-state index in [0.717, 1.165) is 15.9 Å². The van der Waals surface area contributed by atoms with Gasteiger partial charge in [0.2, 0.25) is 0 Å². The molecule has 1 rings (SSSR count). The van der Waals surface area contributed by atoms with E-state index in [4.69, 9.17) is 4.74 Å². The van der Waals surface area contributed by atoms with E-state index in [9.17, 15) is 0 Å². The number of nitrogens with zero attached hydrogens (tertiary/aromatic N) is 2. The number of rotatable bonds is 4. The average molecular weight is 292 g/mol. The van der Waals surface area contributed by atoms with Crippen molar-refractivity contribution in [2.24, 2.45) is 0 Å². The van der Waals surface area contributed by atoms with E-state index < -0.39 is 0 Å². The fraction of sp³-hybridized carbons (Fsp3) is 0.444. The first-order valence-electron chi connectivity index (χ1n) is 4.06. The highest BCUT2D eigenvalue weighted by atomic mass is 127. The Morgan fingerprint density at radius 2 is 2.23 bits per heavy atom. The summed E-state index contributed by atoms with van der Waals surface area (Å²) in [6.45, 7) is 1.63. The summed E-state index contributed by atoms with van der Waals surface area (Å²) in [5.74, 6) is 0.841. The maximum atomic E-state index is 5.49. The van der Waals surface area contributed by atoms with Crippen LogP contribution in [0.3, 0.4) is 0 Å². The normalized spacial score (nSPS) is 10.5. The standard InChI is InChI=1S/C9H13IN2O/c1-12(2)3-4-13-9-5-8(10)6-11-7-9/h5-7H,3-4H2,1-2H3. The molecule has 0 amide bonds. The molecule has 13 heavy (non-hydrogen) atoms. The van der Waals surface area contributed by atoms with Gasteiger partial charge >= 0.3 is 0 Å². The summed E-state index contributed by atoms with van der Waals surface area (Å²) < 4.78 is 6.59. The first-order chi connectivity index (χ1) is 6.18. The summed E-state index contributed by atoms with van der Waals surface area (Å²) in [6.07, 6.45) is 3.54. The summed E-state index contributed by atoms with van der Waals surface area (Å²) in [5, 5.41) is 0. The van der Waals surface area contributed by atoms with Crippen LogP contribution in [0.4, 0.5) is 0 Å². The van der Waals surface area contributed by atoms with Crippen molar-refractivity contribution in [1.29, 1.82) is 0 Å². The number of hydrogen-bond acceptors (Lipinski definition) is 3. The van der Waals surface area contributed by atoms with Gasteiger partial charge in [0.1, 0.15) is 12.4 Å². The fourth-order valence-electron chi connectivity index (χ4n) is 0.817. The van der Waals surface area contributed by atoms with Crippen LogP contribution in [0.1, 0.15) is 0 Å². The number of ether oxygens (including phenoxy) is 1. The maximum absolute atomic E-state index is 5.49. The molecular weight excluding hydrogens is 279 g/mol. The van der Waals surface area contributed by atoms with Crippen LogP contribution in [-0.2, 0) is 0 Å². The topological polar surface area (TPSA) is 25.4 Å². The summed E-state index contributed by atoms with van der Waals surface area (Å²) in [7, 11) is 4.05. The zero-order valence-electron chi connectivity index (χ0n) is 7.83. The Balaban J connectivity index is 2.37. The molecule has 0 aliphatic heterocycles. The highest BCUT2D eigenvalue weighted by molar-refractivity contribution is 14.1. The van der Waals surface area contributed by atoms with Gasteiger partial charge in [-0.1, -0.05) is 0 Å². The first kappa shape index (κ1) is 10.7. The van der Waals surface area contributed by atoms with Gasteiger partial charge < -0.3 is 9.64 Å². The summed E-state index contributed by atoms with van der Waals surface area (Å²) >= 11 is 2.22. The Morgan fingerprint density at radius 3 is 2.85 bits per heavy atom. The van der Waals surface area contributed by atoms with Gasteiger partial charge in [-0.25, -0.2) is 0 Å². The van der Waals surface area contributed by atoms with Gasteiger partial charge in [0.25, 0.3) is 0 Å². The number of halogens is 1. The number of pyridine rings is 1. The smallest absolute Gasteiger partial charge is 0.138 e. The molecule has 0 saturated heterocycles. The lowest BCUT2D eigenvalue weighted by Gasteiger charge is -2.10. The zero-order valence-corrected chi connectivity index (χ0v) is 9.98. The van der Waals surface area contributed by atoms with Crippen molar-refractivity contribution in [2.45, 2.75) is 0 Å². The van der Waals surface area contributed by atoms with Crippen molar-refractivity contribution in [2.75, 3.05) is 27.2 Å². The minimum Gasteiger partial charge on any atom is -0.491 e. The van der Waals surface area contributed by atoms with Crippen molar-refractivity contribution in [3.8, 4) is 5.75 Å². The molecule has 0 spiro atoms. The molecule has 1 heterocycles. The Hall–Kier alpha value is -0.360. The molecule has 0 fully saturated rings. The number of aromatic nitrogens is 1. The Morgan fingerprint density at radius 1 is 1.46 bits per heavy atom. The zero-order chi connectivity index (χ0) is 9.68. The molecule has 72 valence electrons. The third-order valence-corrected chi connectivity index (χ3v) is 2.08. The van der Waals surface area contributed by atoms with Crippen LogP contribution < -0.4 is 4.74 Å². The van der Waals surface area contributed by atoms with Crippen LogP contribution in [0.25, 0.3) is 0 Å². The van der Waals surface area contributed by atoms with E-state index in [2.05, 4.69) is 32.5 Å². The van der Waals surface area contributed by atoms with E-state index in [1.54, 1.807) is 12.4 Å². The van der Waals surface area contributed by atoms with Crippen molar-refractivity contribution < 1.29 is 4.74 Å². The van der Waals surface area contributed by atoms with Gasteiger partial charge in [-0.05, 0) is 42.8 Å². The van der Waals surface area contributed by atoms with Gasteiger partial charge in [-0.2, -0.15) is 0 Å². The molecular formula is C9H13IN2O. The minimum atomic E-state index is 0.703. The maximum Gasteiger partial charge on any atom is 0.138 e. The van der Waals surface area contributed by atoms with Crippen LogP contribution in [-0.4, -0.2) is 37.1 Å². The second kappa shape index (κ2) is 5.39. The molecule has 0 radical (unpaired) electrons. The third-order valence-electron chi connectivity index (χ3n) is 1.49. The van der Waals surface area contributed by atoms with Gasteiger partial charge in [-0.15, -0.1) is 0 Å². The number of hydrogen-bond donors (Lipinski definition) is 0. The van der Waals surface area contributed by atoms with Crippen molar-refractivity contribution in [1.82, 2.24) is 9.88 Å². The van der Waals surface area contributed by atoms with Gasteiger partial charge in [0.05, 0.1) is 6.20 Å². The SMILES string of the molecule is CN(C)CCOc1cncc(I)c1. The Bertz CT molecular complexity index is 266. The molecule has 1 aromatic rings. The highest BCUT2D eigenvalue weighted by Gasteiger charge is 1.95. The van der Waals surface area contributed by atoms with Crippen LogP contribution in [0.15, 0.2) is 18.5 Å². The molecule has 0 aromatic carbocycles. The van der Waals surface area contributed by atoms with Crippen LogP contribution in [0.5, 0.6) is 5.75 Å². The quantitative estimate of drug-likeness (QED) is 0.789. The van der Waals surface area contributed by atoms with E-state index in [0.29, 0.717) is 6.61 Å². The van der Waals surface area contributed by atoms with Crippen LogP contribution >= 0.6 is 22.6 Å². The lowest BCUT2D eigenvalue weighted by Crippen LogP contribution is -2.19. The summed E-state index contributed by atoms with van der Waals surface area (Å²) in [4.78, 5) is 6.12. The molecule has 4 heteroatoms. The highest BCUT2D eigenvalue weighted by Crippen LogP contribution is 2.12. The van der Waals surface area contributed by atoms with Crippen LogP contribution in [0, 0.1) is 3.57 Å². The van der Waals surface area contributed by atoms with Gasteiger partial charge in [-0.3, -0.25) is 4.98 Å². The fourth-order valence-corrected chi connectivity index (χ4v) is 1.29. The average Bonchev–Trinajstić information content (AvgIpc) is 2.03. The summed E-state index contributed by atoms with van der Waals surface area (Å²) in [5.41, 5.74) is 0. The van der Waals surface area contributed by atoms with Crippen molar-refractivity contribution >= 4 is 22.6 Å². The van der Waals surface area contributed by atoms with Gasteiger partial charge in [0.15, 0.2) is 0 Å². The number of likely N-dealkylation sites (N-methyl/N-ethyl adjacent to an activating group) is 1. The molecule has 0 bridgehead atoms. The van der Waals surface area contributed by atoms with E-state index >= 15 is 0 Å². The second-order valence-corrected chi connectivity index (χ2v) is 4.24. The van der Waals surface area contributed by atoms with E-state index in [1.807, 2.05) is 20.2 Å². The van der Waals surface area contributed by atoms with Crippen molar-refractivity contribution in [3.05, 3.63) is 22.0 Å². The lowest BCUT2D eigenvalue weighted by atomic mass is 10.5. The Kier molecular flexibility index (Phi) is 4.44. The predicted octanol–water partition coefficient (Wildman–Crippen LogP) is 1.63. The first-order valence-corrected chi connectivity index (χ1v) is 5.14. The molecule has 0 saturated carbocycles. The molecule has 1 aromatic heterocycles. The largest absolute Gasteiger partial charge is 0.491 e.